The van der Waals surface area contributed by atoms with Gasteiger partial charge in [-0.05, 0) is 19.1 Å². The Morgan fingerprint density at radius 1 is 1.47 bits per heavy atom. The van der Waals surface area contributed by atoms with Crippen LogP contribution in [0.15, 0.2) is 23.1 Å². The number of hydrogen-bond acceptors (Lipinski definition) is 4. The summed E-state index contributed by atoms with van der Waals surface area (Å²) in [4.78, 5) is 16.1. The van der Waals surface area contributed by atoms with Crippen LogP contribution in [0.3, 0.4) is 0 Å². The third-order valence-electron chi connectivity index (χ3n) is 2.50. The Kier molecular flexibility index (Phi) is 4.25. The van der Waals surface area contributed by atoms with E-state index in [4.69, 9.17) is 5.11 Å². The number of aliphatic hydroxyl groups excluding tert-OH is 1. The topological polar surface area (TPSA) is 74.8 Å². The number of hydrogen-bond donors (Lipinski definition) is 2. The maximum atomic E-state index is 12.0. The summed E-state index contributed by atoms with van der Waals surface area (Å²) in [6, 6.07) is 3.05. The maximum absolute atomic E-state index is 12.0. The van der Waals surface area contributed by atoms with E-state index < -0.39 is 0 Å². The summed E-state index contributed by atoms with van der Waals surface area (Å²) >= 11 is 0. The zero-order valence-corrected chi connectivity index (χ0v) is 11.0. The highest BCUT2D eigenvalue weighted by molar-refractivity contribution is 8.93. The molecule has 2 heterocycles. The molecule has 0 aliphatic rings. The fourth-order valence-electron chi connectivity index (χ4n) is 1.69. The van der Waals surface area contributed by atoms with E-state index in [1.807, 2.05) is 0 Å². The minimum Gasteiger partial charge on any atom is -0.504 e. The molecule has 0 atom stereocenters. The predicted molar refractivity (Wildman–Crippen MR) is 69.0 cm³/mol. The first-order valence-electron chi connectivity index (χ1n) is 4.96. The number of aryl methyl sites for hydroxylation is 1. The molecule has 0 bridgehead atoms. The van der Waals surface area contributed by atoms with Crippen molar-refractivity contribution in [1.29, 1.82) is 0 Å². The normalized spacial score (nSPS) is 10.2. The van der Waals surface area contributed by atoms with E-state index in [0.29, 0.717) is 11.3 Å². The SMILES string of the molecule is Br.Cc1nc2c(O)cccn2c(=O)c1CCO. The van der Waals surface area contributed by atoms with E-state index in [2.05, 4.69) is 4.98 Å². The van der Waals surface area contributed by atoms with Gasteiger partial charge in [-0.15, -0.1) is 17.0 Å². The second-order valence-corrected chi connectivity index (χ2v) is 3.54. The van der Waals surface area contributed by atoms with Gasteiger partial charge in [0.1, 0.15) is 0 Å². The molecule has 0 saturated heterocycles. The molecule has 5 nitrogen and oxygen atoms in total. The average molecular weight is 301 g/mol. The number of aromatic hydroxyl groups is 1. The van der Waals surface area contributed by atoms with Crippen LogP contribution in [0, 0.1) is 6.92 Å². The molecule has 92 valence electrons. The quantitative estimate of drug-likeness (QED) is 0.861. The molecular weight excluding hydrogens is 288 g/mol. The van der Waals surface area contributed by atoms with E-state index in [-0.39, 0.29) is 47.0 Å². The number of aromatic nitrogens is 2. The molecule has 0 radical (unpaired) electrons. The Morgan fingerprint density at radius 3 is 2.82 bits per heavy atom. The van der Waals surface area contributed by atoms with Gasteiger partial charge in [0.05, 0.1) is 0 Å². The predicted octanol–water partition coefficient (Wildman–Crippen LogP) is 0.821. The lowest BCUT2D eigenvalue weighted by Crippen LogP contribution is -2.22. The number of aliphatic hydroxyl groups is 1. The lowest BCUT2D eigenvalue weighted by atomic mass is 10.2. The summed E-state index contributed by atoms with van der Waals surface area (Å²) in [5.41, 5.74) is 1.02. The molecule has 0 aromatic carbocycles. The van der Waals surface area contributed by atoms with Crippen LogP contribution >= 0.6 is 17.0 Å². The molecule has 0 unspecified atom stereocenters. The lowest BCUT2D eigenvalue weighted by Gasteiger charge is -2.07. The van der Waals surface area contributed by atoms with Crippen molar-refractivity contribution in [3.63, 3.8) is 0 Å². The first-order valence-corrected chi connectivity index (χ1v) is 4.96. The van der Waals surface area contributed by atoms with Crippen molar-refractivity contribution >= 4 is 22.6 Å². The maximum Gasteiger partial charge on any atom is 0.261 e. The molecule has 0 aliphatic heterocycles. The molecule has 2 rings (SSSR count). The molecule has 0 fully saturated rings. The second-order valence-electron chi connectivity index (χ2n) is 3.54. The summed E-state index contributed by atoms with van der Waals surface area (Å²) in [6.07, 6.45) is 1.82. The Labute approximate surface area is 108 Å². The number of fused-ring (bicyclic) bond motifs is 1. The van der Waals surface area contributed by atoms with Crippen LogP contribution in [-0.2, 0) is 6.42 Å². The Hall–Kier alpha value is -1.40. The average Bonchev–Trinajstić information content (AvgIpc) is 2.26. The van der Waals surface area contributed by atoms with Crippen molar-refractivity contribution in [2.45, 2.75) is 13.3 Å². The van der Waals surface area contributed by atoms with Crippen molar-refractivity contribution in [2.24, 2.45) is 0 Å². The first kappa shape index (κ1) is 13.7. The fourth-order valence-corrected chi connectivity index (χ4v) is 1.69. The number of pyridine rings is 1. The minimum absolute atomic E-state index is 0. The molecular formula is C11H13BrN2O3. The standard InChI is InChI=1S/C11H12N2O3.BrH/c1-7-8(4-6-14)11(16)13-5-2-3-9(15)10(13)12-7;/h2-3,5,14-15H,4,6H2,1H3;1H. The van der Waals surface area contributed by atoms with E-state index >= 15 is 0 Å². The van der Waals surface area contributed by atoms with E-state index in [9.17, 15) is 9.90 Å². The van der Waals surface area contributed by atoms with Crippen LogP contribution in [0.25, 0.3) is 5.65 Å². The summed E-state index contributed by atoms with van der Waals surface area (Å²) < 4.78 is 1.29. The molecule has 2 N–H and O–H groups in total. The van der Waals surface area contributed by atoms with Gasteiger partial charge in [-0.25, -0.2) is 4.98 Å². The zero-order valence-electron chi connectivity index (χ0n) is 9.25. The smallest absolute Gasteiger partial charge is 0.261 e. The third-order valence-corrected chi connectivity index (χ3v) is 2.50. The van der Waals surface area contributed by atoms with Crippen LogP contribution in [-0.4, -0.2) is 26.2 Å². The minimum atomic E-state index is -0.243. The van der Waals surface area contributed by atoms with E-state index in [0.717, 1.165) is 0 Å². The van der Waals surface area contributed by atoms with E-state index in [1.165, 1.54) is 10.5 Å². The molecule has 0 spiro atoms. The first-order chi connectivity index (χ1) is 7.65. The van der Waals surface area contributed by atoms with Crippen LogP contribution in [0.1, 0.15) is 11.3 Å². The van der Waals surface area contributed by atoms with Crippen LogP contribution in [0.4, 0.5) is 0 Å². The highest BCUT2D eigenvalue weighted by atomic mass is 79.9. The highest BCUT2D eigenvalue weighted by Gasteiger charge is 2.10. The van der Waals surface area contributed by atoms with Gasteiger partial charge in [0.2, 0.25) is 0 Å². The van der Waals surface area contributed by atoms with Crippen LogP contribution < -0.4 is 5.56 Å². The van der Waals surface area contributed by atoms with Crippen LogP contribution in [0.2, 0.25) is 0 Å². The summed E-state index contributed by atoms with van der Waals surface area (Å²) in [6.45, 7) is 1.60. The molecule has 2 aromatic heterocycles. The molecule has 17 heavy (non-hydrogen) atoms. The zero-order chi connectivity index (χ0) is 11.7. The monoisotopic (exact) mass is 300 g/mol. The summed E-state index contributed by atoms with van der Waals surface area (Å²) in [5, 5.41) is 18.4. The van der Waals surface area contributed by atoms with Gasteiger partial charge in [-0.3, -0.25) is 9.20 Å². The Balaban J connectivity index is 0.00000144. The summed E-state index contributed by atoms with van der Waals surface area (Å²) in [7, 11) is 0. The van der Waals surface area contributed by atoms with Crippen molar-refractivity contribution in [1.82, 2.24) is 9.38 Å². The van der Waals surface area contributed by atoms with Crippen molar-refractivity contribution < 1.29 is 10.2 Å². The largest absolute Gasteiger partial charge is 0.504 e. The molecule has 0 amide bonds. The Morgan fingerprint density at radius 2 is 2.18 bits per heavy atom. The molecule has 0 saturated carbocycles. The summed E-state index contributed by atoms with van der Waals surface area (Å²) in [5.74, 6) is -0.0294. The fraction of sp³-hybridized carbons (Fsp3) is 0.273. The molecule has 6 heteroatoms. The van der Waals surface area contributed by atoms with Crippen LogP contribution in [0.5, 0.6) is 5.75 Å². The molecule has 0 aliphatic carbocycles. The van der Waals surface area contributed by atoms with Crippen molar-refractivity contribution in [3.8, 4) is 5.75 Å². The van der Waals surface area contributed by atoms with E-state index in [1.54, 1.807) is 19.2 Å². The van der Waals surface area contributed by atoms with Gasteiger partial charge in [0.15, 0.2) is 11.4 Å². The van der Waals surface area contributed by atoms with Gasteiger partial charge in [-0.1, -0.05) is 0 Å². The van der Waals surface area contributed by atoms with Crippen molar-refractivity contribution in [2.75, 3.05) is 6.61 Å². The third kappa shape index (κ3) is 2.32. The lowest BCUT2D eigenvalue weighted by molar-refractivity contribution is 0.298. The number of nitrogens with zero attached hydrogens (tertiary/aromatic N) is 2. The van der Waals surface area contributed by atoms with Gasteiger partial charge in [0, 0.05) is 30.5 Å². The van der Waals surface area contributed by atoms with Gasteiger partial charge in [0.25, 0.3) is 5.56 Å². The second kappa shape index (κ2) is 5.29. The highest BCUT2D eigenvalue weighted by Crippen LogP contribution is 2.14. The van der Waals surface area contributed by atoms with Crippen molar-refractivity contribution in [3.05, 3.63) is 39.9 Å². The molecule has 2 aromatic rings. The Bertz CT molecular complexity index is 595. The van der Waals surface area contributed by atoms with Gasteiger partial charge < -0.3 is 10.2 Å². The number of halogens is 1. The van der Waals surface area contributed by atoms with Gasteiger partial charge >= 0.3 is 0 Å². The number of rotatable bonds is 2. The van der Waals surface area contributed by atoms with Gasteiger partial charge in [-0.2, -0.15) is 0 Å².